The van der Waals surface area contributed by atoms with E-state index in [4.69, 9.17) is 10.5 Å². The number of benzene rings is 1. The number of amides is 1. The third-order valence-corrected chi connectivity index (χ3v) is 2.46. The van der Waals surface area contributed by atoms with Crippen LogP contribution in [0.2, 0.25) is 0 Å². The van der Waals surface area contributed by atoms with E-state index in [-0.39, 0.29) is 23.7 Å². The van der Waals surface area contributed by atoms with E-state index in [0.29, 0.717) is 5.69 Å². The third-order valence-electron chi connectivity index (χ3n) is 2.46. The van der Waals surface area contributed by atoms with Crippen LogP contribution in [0.4, 0.5) is 11.5 Å². The van der Waals surface area contributed by atoms with Crippen LogP contribution in [0.3, 0.4) is 0 Å². The van der Waals surface area contributed by atoms with Crippen LogP contribution < -0.4 is 11.1 Å². The monoisotopic (exact) mass is 275 g/mol. The van der Waals surface area contributed by atoms with Gasteiger partial charge in [0.05, 0.1) is 17.9 Å². The largest absolute Gasteiger partial charge is 0.462 e. The summed E-state index contributed by atoms with van der Waals surface area (Å²) in [6, 6.07) is 6.50. The lowest BCUT2D eigenvalue weighted by Gasteiger charge is -2.09. The highest BCUT2D eigenvalue weighted by Crippen LogP contribution is 2.17. The molecule has 0 aliphatic rings. The molecule has 0 saturated heterocycles. The molecule has 0 saturated carbocycles. The van der Waals surface area contributed by atoms with Gasteiger partial charge in [0, 0.05) is 0 Å². The van der Waals surface area contributed by atoms with E-state index in [1.165, 1.54) is 0 Å². The van der Waals surface area contributed by atoms with E-state index in [1.54, 1.807) is 31.2 Å². The summed E-state index contributed by atoms with van der Waals surface area (Å²) >= 11 is 0. The van der Waals surface area contributed by atoms with Crippen molar-refractivity contribution in [3.8, 4) is 0 Å². The molecule has 0 spiro atoms. The number of nitrogen functional groups attached to an aromatic ring is 1. The van der Waals surface area contributed by atoms with Crippen molar-refractivity contribution in [1.82, 2.24) is 15.4 Å². The Morgan fingerprint density at radius 2 is 2.10 bits per heavy atom. The zero-order chi connectivity index (χ0) is 14.5. The van der Waals surface area contributed by atoms with Crippen molar-refractivity contribution >= 4 is 23.4 Å². The summed E-state index contributed by atoms with van der Waals surface area (Å²) in [5.41, 5.74) is 6.02. The number of nitrogens with zero attached hydrogens (tertiary/aromatic N) is 2. The van der Waals surface area contributed by atoms with Crippen LogP contribution in [-0.2, 0) is 4.74 Å². The fourth-order valence-electron chi connectivity index (χ4n) is 1.57. The average molecular weight is 275 g/mol. The number of aromatic amines is 1. The number of anilines is 2. The second-order valence-electron chi connectivity index (χ2n) is 3.78. The van der Waals surface area contributed by atoms with Crippen LogP contribution >= 0.6 is 0 Å². The molecule has 1 heterocycles. The minimum atomic E-state index is -0.562. The van der Waals surface area contributed by atoms with Crippen molar-refractivity contribution < 1.29 is 14.3 Å². The molecule has 20 heavy (non-hydrogen) atoms. The van der Waals surface area contributed by atoms with Crippen LogP contribution in [-0.4, -0.2) is 33.9 Å². The van der Waals surface area contributed by atoms with Crippen molar-refractivity contribution in [3.63, 3.8) is 0 Å². The standard InChI is InChI=1S/C12H13N5O3/c1-2-20-12(19)7-5-3-4-6-8(7)14-11(18)9-10(13)16-17-15-9/h3-6H,2H2,1H3,(H,14,18)(H3,13,15,16,17). The van der Waals surface area contributed by atoms with Crippen molar-refractivity contribution in [1.29, 1.82) is 0 Å². The summed E-state index contributed by atoms with van der Waals surface area (Å²) in [5, 5.41) is 12.0. The normalized spacial score (nSPS) is 10.1. The van der Waals surface area contributed by atoms with E-state index < -0.39 is 11.9 Å². The van der Waals surface area contributed by atoms with E-state index in [9.17, 15) is 9.59 Å². The maximum atomic E-state index is 12.0. The van der Waals surface area contributed by atoms with Crippen molar-refractivity contribution in [2.45, 2.75) is 6.92 Å². The van der Waals surface area contributed by atoms with Gasteiger partial charge in [-0.25, -0.2) is 4.79 Å². The summed E-state index contributed by atoms with van der Waals surface area (Å²) in [6.45, 7) is 1.95. The zero-order valence-corrected chi connectivity index (χ0v) is 10.7. The number of carbonyl (C=O) groups excluding carboxylic acids is 2. The first-order valence-corrected chi connectivity index (χ1v) is 5.87. The molecule has 0 aliphatic heterocycles. The first-order chi connectivity index (χ1) is 9.63. The third kappa shape index (κ3) is 2.74. The molecule has 4 N–H and O–H groups in total. The maximum Gasteiger partial charge on any atom is 0.340 e. The number of ether oxygens (including phenoxy) is 1. The quantitative estimate of drug-likeness (QED) is 0.710. The SMILES string of the molecule is CCOC(=O)c1ccccc1NC(=O)c1n[nH]nc1N. The molecule has 0 bridgehead atoms. The molecule has 2 aromatic rings. The molecule has 0 fully saturated rings. The number of hydrogen-bond acceptors (Lipinski definition) is 6. The van der Waals surface area contributed by atoms with Crippen LogP contribution in [0.25, 0.3) is 0 Å². The van der Waals surface area contributed by atoms with Crippen molar-refractivity contribution in [2.24, 2.45) is 0 Å². The molecule has 1 aromatic carbocycles. The van der Waals surface area contributed by atoms with Gasteiger partial charge in [-0.05, 0) is 19.1 Å². The van der Waals surface area contributed by atoms with Gasteiger partial charge in [0.15, 0.2) is 11.5 Å². The number of para-hydroxylation sites is 1. The van der Waals surface area contributed by atoms with Crippen molar-refractivity contribution in [2.75, 3.05) is 17.7 Å². The number of nitrogens with one attached hydrogen (secondary N) is 2. The van der Waals surface area contributed by atoms with Gasteiger partial charge in [0.2, 0.25) is 0 Å². The van der Waals surface area contributed by atoms with Crippen LogP contribution in [0.1, 0.15) is 27.8 Å². The van der Waals surface area contributed by atoms with Gasteiger partial charge in [-0.15, -0.1) is 10.2 Å². The summed E-state index contributed by atoms with van der Waals surface area (Å²) in [6.07, 6.45) is 0. The summed E-state index contributed by atoms with van der Waals surface area (Å²) < 4.78 is 4.92. The van der Waals surface area contributed by atoms with Gasteiger partial charge < -0.3 is 15.8 Å². The van der Waals surface area contributed by atoms with Gasteiger partial charge >= 0.3 is 5.97 Å². The number of hydrogen-bond donors (Lipinski definition) is 3. The van der Waals surface area contributed by atoms with Gasteiger partial charge in [-0.2, -0.15) is 5.21 Å². The Morgan fingerprint density at radius 1 is 1.35 bits per heavy atom. The Morgan fingerprint density at radius 3 is 2.75 bits per heavy atom. The molecule has 104 valence electrons. The minimum absolute atomic E-state index is 0.0175. The molecule has 0 unspecified atom stereocenters. The van der Waals surface area contributed by atoms with Crippen LogP contribution in [0, 0.1) is 0 Å². The highest BCUT2D eigenvalue weighted by molar-refractivity contribution is 6.08. The summed E-state index contributed by atoms with van der Waals surface area (Å²) in [4.78, 5) is 23.7. The number of esters is 1. The van der Waals surface area contributed by atoms with Crippen molar-refractivity contribution in [3.05, 3.63) is 35.5 Å². The van der Waals surface area contributed by atoms with E-state index in [2.05, 4.69) is 20.7 Å². The molecule has 8 heteroatoms. The Bertz CT molecular complexity index is 638. The molecule has 8 nitrogen and oxygen atoms in total. The molecule has 0 radical (unpaired) electrons. The molecule has 2 rings (SSSR count). The number of rotatable bonds is 4. The Kier molecular flexibility index (Phi) is 3.94. The number of carbonyl (C=O) groups is 2. The highest BCUT2D eigenvalue weighted by atomic mass is 16.5. The second-order valence-corrected chi connectivity index (χ2v) is 3.78. The van der Waals surface area contributed by atoms with Crippen LogP contribution in [0.15, 0.2) is 24.3 Å². The highest BCUT2D eigenvalue weighted by Gasteiger charge is 2.18. The minimum Gasteiger partial charge on any atom is -0.462 e. The number of nitrogens with two attached hydrogens (primary N) is 1. The van der Waals surface area contributed by atoms with Gasteiger partial charge in [-0.3, -0.25) is 4.79 Å². The molecule has 0 atom stereocenters. The Labute approximate surface area is 114 Å². The number of H-pyrrole nitrogens is 1. The van der Waals surface area contributed by atoms with Gasteiger partial charge in [0.25, 0.3) is 5.91 Å². The van der Waals surface area contributed by atoms with E-state index >= 15 is 0 Å². The molecule has 0 aliphatic carbocycles. The average Bonchev–Trinajstić information content (AvgIpc) is 2.86. The lowest BCUT2D eigenvalue weighted by atomic mass is 10.1. The molecule has 1 aromatic heterocycles. The Hall–Kier alpha value is -2.90. The fourth-order valence-corrected chi connectivity index (χ4v) is 1.57. The zero-order valence-electron chi connectivity index (χ0n) is 10.7. The predicted octanol–water partition coefficient (Wildman–Crippen LogP) is 0.816. The van der Waals surface area contributed by atoms with Gasteiger partial charge in [0.1, 0.15) is 0 Å². The first kappa shape index (κ1) is 13.5. The summed E-state index contributed by atoms with van der Waals surface area (Å²) in [7, 11) is 0. The lowest BCUT2D eigenvalue weighted by Crippen LogP contribution is -2.17. The van der Waals surface area contributed by atoms with E-state index in [0.717, 1.165) is 0 Å². The predicted molar refractivity (Wildman–Crippen MR) is 71.1 cm³/mol. The fraction of sp³-hybridized carbons (Fsp3) is 0.167. The van der Waals surface area contributed by atoms with E-state index in [1.807, 2.05) is 0 Å². The van der Waals surface area contributed by atoms with Crippen LogP contribution in [0.5, 0.6) is 0 Å². The summed E-state index contributed by atoms with van der Waals surface area (Å²) in [5.74, 6) is -1.10. The smallest absolute Gasteiger partial charge is 0.340 e. The van der Waals surface area contributed by atoms with Gasteiger partial charge in [-0.1, -0.05) is 12.1 Å². The molecular weight excluding hydrogens is 262 g/mol. The molecule has 1 amide bonds. The maximum absolute atomic E-state index is 12.0. The number of aromatic nitrogens is 3. The lowest BCUT2D eigenvalue weighted by molar-refractivity contribution is 0.0527. The topological polar surface area (TPSA) is 123 Å². The molecular formula is C12H13N5O3. The second kappa shape index (κ2) is 5.83. The Balaban J connectivity index is 2.24. The first-order valence-electron chi connectivity index (χ1n) is 5.87.